The van der Waals surface area contributed by atoms with E-state index in [9.17, 15) is 9.59 Å². The molecule has 0 radical (unpaired) electrons. The number of aromatic nitrogens is 2. The summed E-state index contributed by atoms with van der Waals surface area (Å²) in [5.41, 5.74) is 0.0380. The van der Waals surface area contributed by atoms with Crippen molar-refractivity contribution in [1.82, 2.24) is 9.78 Å². The fraction of sp³-hybridized carbons (Fsp3) is 0.500. The maximum Gasteiger partial charge on any atom is 0.341 e. The van der Waals surface area contributed by atoms with Crippen LogP contribution < -0.4 is 4.90 Å². The normalized spacial score (nSPS) is 20.0. The van der Waals surface area contributed by atoms with Crippen LogP contribution >= 0.6 is 11.6 Å². The first-order valence-corrected chi connectivity index (χ1v) is 5.69. The Hall–Kier alpha value is -1.56. The predicted octanol–water partition coefficient (Wildman–Crippen LogP) is 0.710. The van der Waals surface area contributed by atoms with Gasteiger partial charge in [0.2, 0.25) is 5.91 Å². The highest BCUT2D eigenvalue weighted by Gasteiger charge is 2.34. The van der Waals surface area contributed by atoms with Gasteiger partial charge in [0.05, 0.1) is 6.20 Å². The van der Waals surface area contributed by atoms with Crippen molar-refractivity contribution in [2.24, 2.45) is 13.0 Å². The third-order valence-electron chi connectivity index (χ3n) is 2.82. The molecule has 1 aromatic heterocycles. The molecule has 7 heteroatoms. The molecule has 6 nitrogen and oxygen atoms in total. The average molecular weight is 258 g/mol. The number of aryl methyl sites for hydroxylation is 1. The Morgan fingerprint density at radius 3 is 2.94 bits per heavy atom. The van der Waals surface area contributed by atoms with Gasteiger partial charge in [0.25, 0.3) is 0 Å². The van der Waals surface area contributed by atoms with E-state index in [1.165, 1.54) is 15.8 Å². The molecule has 1 aromatic rings. The average Bonchev–Trinajstić information content (AvgIpc) is 2.81. The maximum atomic E-state index is 11.8. The van der Waals surface area contributed by atoms with E-state index in [4.69, 9.17) is 16.7 Å². The molecule has 0 spiro atoms. The number of anilines is 1. The van der Waals surface area contributed by atoms with Gasteiger partial charge < -0.3 is 5.11 Å². The molecule has 0 bridgehead atoms. The van der Waals surface area contributed by atoms with Gasteiger partial charge in [0.15, 0.2) is 0 Å². The fourth-order valence-electron chi connectivity index (χ4n) is 1.99. The van der Waals surface area contributed by atoms with Gasteiger partial charge in [-0.3, -0.25) is 14.4 Å². The Bertz CT molecular complexity index is 471. The second kappa shape index (κ2) is 4.37. The van der Waals surface area contributed by atoms with Crippen LogP contribution in [0.2, 0.25) is 0 Å². The molecule has 0 aliphatic carbocycles. The first kappa shape index (κ1) is 11.9. The zero-order valence-corrected chi connectivity index (χ0v) is 10.0. The molecule has 1 aliphatic rings. The maximum absolute atomic E-state index is 11.8. The summed E-state index contributed by atoms with van der Waals surface area (Å²) >= 11 is 5.72. The van der Waals surface area contributed by atoms with Crippen molar-refractivity contribution in [1.29, 1.82) is 0 Å². The molecule has 1 N–H and O–H groups in total. The van der Waals surface area contributed by atoms with Crippen molar-refractivity contribution in [2.45, 2.75) is 6.42 Å². The lowest BCUT2D eigenvalue weighted by Gasteiger charge is -2.17. The van der Waals surface area contributed by atoms with Crippen molar-refractivity contribution < 1.29 is 14.7 Å². The number of hydrogen-bond donors (Lipinski definition) is 1. The number of amides is 1. The standard InChI is InChI=1S/C10H12ClN3O3/c1-13-9(7(4-12-13)10(16)17)14-5-6(3-11)2-8(14)15/h4,6H,2-3,5H2,1H3,(H,16,17). The molecule has 17 heavy (non-hydrogen) atoms. The summed E-state index contributed by atoms with van der Waals surface area (Å²) in [5.74, 6) is -0.407. The predicted molar refractivity (Wildman–Crippen MR) is 61.3 cm³/mol. The number of carbonyl (C=O) groups is 2. The second-order valence-corrected chi connectivity index (χ2v) is 4.35. The van der Waals surface area contributed by atoms with Crippen molar-refractivity contribution in [3.8, 4) is 0 Å². The highest BCUT2D eigenvalue weighted by atomic mass is 35.5. The number of alkyl halides is 1. The molecule has 2 heterocycles. The van der Waals surface area contributed by atoms with Gasteiger partial charge in [-0.05, 0) is 5.92 Å². The quantitative estimate of drug-likeness (QED) is 0.809. The Kier molecular flexibility index (Phi) is 3.06. The molecular weight excluding hydrogens is 246 g/mol. The molecule has 2 rings (SSSR count). The topological polar surface area (TPSA) is 75.4 Å². The zero-order valence-electron chi connectivity index (χ0n) is 9.26. The fourth-order valence-corrected chi connectivity index (χ4v) is 2.20. The number of carbonyl (C=O) groups excluding carboxylic acids is 1. The molecule has 0 aromatic carbocycles. The Morgan fingerprint density at radius 2 is 2.41 bits per heavy atom. The largest absolute Gasteiger partial charge is 0.477 e. The van der Waals surface area contributed by atoms with Crippen LogP contribution in [0.5, 0.6) is 0 Å². The third-order valence-corrected chi connectivity index (χ3v) is 3.25. The van der Waals surface area contributed by atoms with Crippen LogP contribution in [0.25, 0.3) is 0 Å². The number of aromatic carboxylic acids is 1. The molecule has 1 aliphatic heterocycles. The van der Waals surface area contributed by atoms with Crippen LogP contribution in [-0.2, 0) is 11.8 Å². The van der Waals surface area contributed by atoms with Crippen molar-refractivity contribution in [3.63, 3.8) is 0 Å². The van der Waals surface area contributed by atoms with Gasteiger partial charge in [-0.2, -0.15) is 5.10 Å². The molecule has 0 saturated carbocycles. The van der Waals surface area contributed by atoms with Gasteiger partial charge in [0, 0.05) is 25.9 Å². The monoisotopic (exact) mass is 257 g/mol. The lowest BCUT2D eigenvalue weighted by Crippen LogP contribution is -2.28. The third kappa shape index (κ3) is 2.00. The minimum absolute atomic E-state index is 0.0380. The highest BCUT2D eigenvalue weighted by Crippen LogP contribution is 2.28. The second-order valence-electron chi connectivity index (χ2n) is 4.04. The number of carboxylic acids is 1. The van der Waals surface area contributed by atoms with Crippen LogP contribution in [0.1, 0.15) is 16.8 Å². The van der Waals surface area contributed by atoms with Gasteiger partial charge in [-0.15, -0.1) is 11.6 Å². The smallest absolute Gasteiger partial charge is 0.341 e. The van der Waals surface area contributed by atoms with E-state index in [0.717, 1.165) is 0 Å². The van der Waals surface area contributed by atoms with E-state index in [2.05, 4.69) is 5.10 Å². The number of carboxylic acid groups (broad SMARTS) is 1. The summed E-state index contributed by atoms with van der Waals surface area (Å²) < 4.78 is 1.40. The van der Waals surface area contributed by atoms with Crippen molar-refractivity contribution >= 4 is 29.3 Å². The Labute approximate surface area is 103 Å². The SMILES string of the molecule is Cn1ncc(C(=O)O)c1N1CC(CCl)CC1=O. The van der Waals surface area contributed by atoms with Crippen LogP contribution in [0.3, 0.4) is 0 Å². The summed E-state index contributed by atoms with van der Waals surface area (Å²) in [6.45, 7) is 0.447. The lowest BCUT2D eigenvalue weighted by molar-refractivity contribution is -0.117. The summed E-state index contributed by atoms with van der Waals surface area (Å²) in [7, 11) is 1.61. The first-order chi connectivity index (χ1) is 8.04. The van der Waals surface area contributed by atoms with E-state index in [1.807, 2.05) is 0 Å². The summed E-state index contributed by atoms with van der Waals surface area (Å²) in [6, 6.07) is 0. The molecule has 1 atom stereocenters. The van der Waals surface area contributed by atoms with Crippen LogP contribution in [0, 0.1) is 5.92 Å². The Morgan fingerprint density at radius 1 is 1.71 bits per heavy atom. The summed E-state index contributed by atoms with van der Waals surface area (Å²) in [5, 5.41) is 12.9. The molecule has 1 fully saturated rings. The molecule has 1 amide bonds. The van der Waals surface area contributed by atoms with E-state index < -0.39 is 5.97 Å². The molecule has 1 unspecified atom stereocenters. The van der Waals surface area contributed by atoms with E-state index in [1.54, 1.807) is 7.05 Å². The highest BCUT2D eigenvalue weighted by molar-refractivity contribution is 6.18. The van der Waals surface area contributed by atoms with Crippen LogP contribution in [0.4, 0.5) is 5.82 Å². The number of nitrogens with zero attached hydrogens (tertiary/aromatic N) is 3. The molecular formula is C10H12ClN3O3. The van der Waals surface area contributed by atoms with Crippen LogP contribution in [0.15, 0.2) is 6.20 Å². The van der Waals surface area contributed by atoms with Gasteiger partial charge in [-0.1, -0.05) is 0 Å². The first-order valence-electron chi connectivity index (χ1n) is 5.16. The van der Waals surface area contributed by atoms with Gasteiger partial charge in [-0.25, -0.2) is 4.79 Å². The van der Waals surface area contributed by atoms with E-state index in [0.29, 0.717) is 24.7 Å². The lowest BCUT2D eigenvalue weighted by atomic mass is 10.1. The molecule has 1 saturated heterocycles. The Balaban J connectivity index is 2.37. The molecule has 92 valence electrons. The minimum Gasteiger partial charge on any atom is -0.477 e. The van der Waals surface area contributed by atoms with Crippen LogP contribution in [-0.4, -0.2) is 39.2 Å². The van der Waals surface area contributed by atoms with Crippen molar-refractivity contribution in [2.75, 3.05) is 17.3 Å². The van der Waals surface area contributed by atoms with E-state index >= 15 is 0 Å². The van der Waals surface area contributed by atoms with Crippen molar-refractivity contribution in [3.05, 3.63) is 11.8 Å². The van der Waals surface area contributed by atoms with E-state index in [-0.39, 0.29) is 17.4 Å². The summed E-state index contributed by atoms with van der Waals surface area (Å²) in [6.07, 6.45) is 1.60. The van der Waals surface area contributed by atoms with Gasteiger partial charge >= 0.3 is 5.97 Å². The summed E-state index contributed by atoms with van der Waals surface area (Å²) in [4.78, 5) is 24.3. The zero-order chi connectivity index (χ0) is 12.6. The number of halogens is 1. The van der Waals surface area contributed by atoms with Gasteiger partial charge in [0.1, 0.15) is 11.4 Å². The minimum atomic E-state index is -1.09. The number of rotatable bonds is 3. The number of hydrogen-bond acceptors (Lipinski definition) is 3.